The summed E-state index contributed by atoms with van der Waals surface area (Å²) in [6.07, 6.45) is 1.40. The van der Waals surface area contributed by atoms with Gasteiger partial charge in [-0.1, -0.05) is 37.7 Å². The van der Waals surface area contributed by atoms with Gasteiger partial charge in [-0.05, 0) is 31.0 Å². The summed E-state index contributed by atoms with van der Waals surface area (Å²) in [6, 6.07) is 6.23. The Hall–Kier alpha value is -0.980. The average Bonchev–Trinajstić information content (AvgIpc) is 2.28. The van der Waals surface area contributed by atoms with Crippen LogP contribution in [0.25, 0.3) is 0 Å². The lowest BCUT2D eigenvalue weighted by molar-refractivity contribution is 0.567. The first-order valence-electron chi connectivity index (χ1n) is 5.75. The van der Waals surface area contributed by atoms with Crippen LogP contribution in [0.2, 0.25) is 0 Å². The molecule has 0 spiro atoms. The lowest BCUT2D eigenvalue weighted by Crippen LogP contribution is -2.43. The summed E-state index contributed by atoms with van der Waals surface area (Å²) >= 11 is 4.88. The highest BCUT2D eigenvalue weighted by molar-refractivity contribution is 7.89. The van der Waals surface area contributed by atoms with Crippen LogP contribution >= 0.6 is 12.2 Å². The predicted octanol–water partition coefficient (Wildman–Crippen LogP) is 1.73. The standard InChI is InChI=1S/C12H18N2O2S2/c1-3-5-11(12(13)17)14-18(15,16)10-7-4-6-9(2)8-10/h4,6-8,11,14H,3,5H2,1-2H3,(H2,13,17). The van der Waals surface area contributed by atoms with Gasteiger partial charge in [-0.2, -0.15) is 0 Å². The number of nitrogens with one attached hydrogen (secondary N) is 1. The molecule has 0 radical (unpaired) electrons. The smallest absolute Gasteiger partial charge is 0.241 e. The van der Waals surface area contributed by atoms with E-state index in [-0.39, 0.29) is 9.88 Å². The largest absolute Gasteiger partial charge is 0.392 e. The van der Waals surface area contributed by atoms with Crippen molar-refractivity contribution in [2.75, 3.05) is 0 Å². The highest BCUT2D eigenvalue weighted by Crippen LogP contribution is 2.12. The van der Waals surface area contributed by atoms with Crippen LogP contribution in [0.1, 0.15) is 25.3 Å². The Kier molecular flexibility index (Phi) is 5.25. The summed E-state index contributed by atoms with van der Waals surface area (Å²) in [5, 5.41) is 0. The van der Waals surface area contributed by atoms with Crippen molar-refractivity contribution in [1.82, 2.24) is 4.72 Å². The fourth-order valence-corrected chi connectivity index (χ4v) is 3.19. The summed E-state index contributed by atoms with van der Waals surface area (Å²) in [6.45, 7) is 3.79. The van der Waals surface area contributed by atoms with E-state index in [0.29, 0.717) is 6.42 Å². The molecule has 0 amide bonds. The second-order valence-corrected chi connectivity index (χ2v) is 6.37. The molecule has 3 N–H and O–H groups in total. The number of nitrogens with two attached hydrogens (primary N) is 1. The Morgan fingerprint density at radius 3 is 2.67 bits per heavy atom. The molecular formula is C12H18N2O2S2. The van der Waals surface area contributed by atoms with Gasteiger partial charge < -0.3 is 5.73 Å². The maximum Gasteiger partial charge on any atom is 0.241 e. The Bertz CT molecular complexity index is 527. The quantitative estimate of drug-likeness (QED) is 0.781. The molecule has 0 aliphatic carbocycles. The zero-order valence-electron chi connectivity index (χ0n) is 10.5. The third-order valence-corrected chi connectivity index (χ3v) is 4.27. The van der Waals surface area contributed by atoms with Gasteiger partial charge in [-0.3, -0.25) is 0 Å². The fraction of sp³-hybridized carbons (Fsp3) is 0.417. The predicted molar refractivity (Wildman–Crippen MR) is 77.0 cm³/mol. The van der Waals surface area contributed by atoms with Crippen molar-refractivity contribution in [2.24, 2.45) is 5.73 Å². The Labute approximate surface area is 114 Å². The monoisotopic (exact) mass is 286 g/mol. The number of thiocarbonyl (C=S) groups is 1. The van der Waals surface area contributed by atoms with Gasteiger partial charge in [0, 0.05) is 0 Å². The first-order chi connectivity index (χ1) is 8.36. The van der Waals surface area contributed by atoms with E-state index in [9.17, 15) is 8.42 Å². The van der Waals surface area contributed by atoms with Crippen LogP contribution in [0.5, 0.6) is 0 Å². The van der Waals surface area contributed by atoms with Gasteiger partial charge in [0.1, 0.15) is 0 Å². The lowest BCUT2D eigenvalue weighted by atomic mass is 10.2. The van der Waals surface area contributed by atoms with Crippen molar-refractivity contribution < 1.29 is 8.42 Å². The molecule has 0 bridgehead atoms. The van der Waals surface area contributed by atoms with Gasteiger partial charge in [-0.25, -0.2) is 13.1 Å². The van der Waals surface area contributed by atoms with Crippen molar-refractivity contribution in [2.45, 2.75) is 37.6 Å². The number of sulfonamides is 1. The van der Waals surface area contributed by atoms with Crippen molar-refractivity contribution in [3.8, 4) is 0 Å². The van der Waals surface area contributed by atoms with Crippen molar-refractivity contribution in [3.63, 3.8) is 0 Å². The van der Waals surface area contributed by atoms with E-state index in [2.05, 4.69) is 4.72 Å². The number of hydrogen-bond acceptors (Lipinski definition) is 3. The summed E-state index contributed by atoms with van der Waals surface area (Å²) in [7, 11) is -3.57. The molecule has 1 aromatic rings. The van der Waals surface area contributed by atoms with Crippen LogP contribution in [0.15, 0.2) is 29.2 Å². The second kappa shape index (κ2) is 6.26. The third kappa shape index (κ3) is 4.04. The highest BCUT2D eigenvalue weighted by Gasteiger charge is 2.21. The molecule has 0 aliphatic rings. The van der Waals surface area contributed by atoms with E-state index in [1.165, 1.54) is 0 Å². The molecular weight excluding hydrogens is 268 g/mol. The van der Waals surface area contributed by atoms with E-state index in [4.69, 9.17) is 18.0 Å². The summed E-state index contributed by atoms with van der Waals surface area (Å²) in [4.78, 5) is 0.410. The van der Waals surface area contributed by atoms with E-state index in [1.807, 2.05) is 19.9 Å². The molecule has 0 saturated heterocycles. The molecule has 0 aromatic heterocycles. The van der Waals surface area contributed by atoms with Crippen molar-refractivity contribution in [1.29, 1.82) is 0 Å². The van der Waals surface area contributed by atoms with Crippen molar-refractivity contribution >= 4 is 27.2 Å². The fourth-order valence-electron chi connectivity index (χ4n) is 1.59. The van der Waals surface area contributed by atoms with Gasteiger partial charge in [0.05, 0.1) is 15.9 Å². The molecule has 0 heterocycles. The number of rotatable bonds is 6. The molecule has 0 fully saturated rings. The minimum atomic E-state index is -3.57. The molecule has 6 heteroatoms. The van der Waals surface area contributed by atoms with Gasteiger partial charge in [0.2, 0.25) is 10.0 Å². The van der Waals surface area contributed by atoms with E-state index >= 15 is 0 Å². The average molecular weight is 286 g/mol. The molecule has 1 unspecified atom stereocenters. The zero-order valence-corrected chi connectivity index (χ0v) is 12.1. The third-order valence-electron chi connectivity index (χ3n) is 2.52. The molecule has 1 rings (SSSR count). The topological polar surface area (TPSA) is 72.2 Å². The molecule has 1 atom stereocenters. The second-order valence-electron chi connectivity index (χ2n) is 4.18. The Balaban J connectivity index is 2.97. The summed E-state index contributed by atoms with van der Waals surface area (Å²) in [5.74, 6) is 0. The summed E-state index contributed by atoms with van der Waals surface area (Å²) in [5.41, 5.74) is 6.43. The van der Waals surface area contributed by atoms with Gasteiger partial charge in [-0.15, -0.1) is 0 Å². The van der Waals surface area contributed by atoms with Crippen LogP contribution in [-0.2, 0) is 10.0 Å². The van der Waals surface area contributed by atoms with Crippen LogP contribution in [0.4, 0.5) is 0 Å². The maximum atomic E-state index is 12.1. The van der Waals surface area contributed by atoms with E-state index in [1.54, 1.807) is 18.2 Å². The van der Waals surface area contributed by atoms with Crippen LogP contribution in [0, 0.1) is 6.92 Å². The van der Waals surface area contributed by atoms with Gasteiger partial charge in [0.25, 0.3) is 0 Å². The Morgan fingerprint density at radius 1 is 1.50 bits per heavy atom. The van der Waals surface area contributed by atoms with Crippen LogP contribution < -0.4 is 10.5 Å². The highest BCUT2D eigenvalue weighted by atomic mass is 32.2. The number of aryl methyl sites for hydroxylation is 1. The van der Waals surface area contributed by atoms with E-state index < -0.39 is 16.1 Å². The SMILES string of the molecule is CCCC(NS(=O)(=O)c1cccc(C)c1)C(N)=S. The van der Waals surface area contributed by atoms with Gasteiger partial charge in [0.15, 0.2) is 0 Å². The zero-order chi connectivity index (χ0) is 13.8. The lowest BCUT2D eigenvalue weighted by Gasteiger charge is -2.16. The number of hydrogen-bond donors (Lipinski definition) is 2. The summed E-state index contributed by atoms with van der Waals surface area (Å²) < 4.78 is 26.8. The maximum absolute atomic E-state index is 12.1. The van der Waals surface area contributed by atoms with Crippen LogP contribution in [0.3, 0.4) is 0 Å². The number of benzene rings is 1. The van der Waals surface area contributed by atoms with Gasteiger partial charge >= 0.3 is 0 Å². The molecule has 0 saturated carbocycles. The minimum Gasteiger partial charge on any atom is -0.392 e. The molecule has 1 aromatic carbocycles. The van der Waals surface area contributed by atoms with Crippen LogP contribution in [-0.4, -0.2) is 19.4 Å². The first kappa shape index (κ1) is 15.1. The molecule has 18 heavy (non-hydrogen) atoms. The van der Waals surface area contributed by atoms with E-state index in [0.717, 1.165) is 12.0 Å². The minimum absolute atomic E-state index is 0.174. The normalized spacial score (nSPS) is 13.2. The molecule has 4 nitrogen and oxygen atoms in total. The molecule has 100 valence electrons. The Morgan fingerprint density at radius 2 is 2.17 bits per heavy atom. The first-order valence-corrected chi connectivity index (χ1v) is 7.64. The molecule has 0 aliphatic heterocycles. The van der Waals surface area contributed by atoms with Crippen molar-refractivity contribution in [3.05, 3.63) is 29.8 Å².